The van der Waals surface area contributed by atoms with E-state index in [1.54, 1.807) is 6.26 Å². The molecule has 0 bridgehead atoms. The lowest BCUT2D eigenvalue weighted by Gasteiger charge is -2.23. The Morgan fingerprint density at radius 3 is 2.88 bits per heavy atom. The minimum Gasteiger partial charge on any atom is -0.451 e. The number of ether oxygens (including phenoxy) is 1. The lowest BCUT2D eigenvalue weighted by Crippen LogP contribution is -2.33. The molecule has 4 N–H and O–H groups in total. The molecule has 2 aromatic carbocycles. The molecule has 4 heterocycles. The third-order valence-electron chi connectivity index (χ3n) is 6.22. The second kappa shape index (κ2) is 8.44. The third-order valence-corrected chi connectivity index (χ3v) is 6.22. The van der Waals surface area contributed by atoms with Crippen LogP contribution in [0.1, 0.15) is 30.3 Å². The molecule has 34 heavy (non-hydrogen) atoms. The number of hydrogen-bond donors (Lipinski definition) is 4. The summed E-state index contributed by atoms with van der Waals surface area (Å²) in [4.78, 5) is 28.7. The Morgan fingerprint density at radius 1 is 1.15 bits per heavy atom. The summed E-state index contributed by atoms with van der Waals surface area (Å²) < 4.78 is 11.0. The van der Waals surface area contributed by atoms with Gasteiger partial charge >= 0.3 is 0 Å². The van der Waals surface area contributed by atoms with Gasteiger partial charge in [0.2, 0.25) is 0 Å². The largest absolute Gasteiger partial charge is 0.451 e. The minimum absolute atomic E-state index is 0.00508. The summed E-state index contributed by atoms with van der Waals surface area (Å²) in [6, 6.07) is 13.5. The predicted octanol–water partition coefficient (Wildman–Crippen LogP) is 3.89. The Kier molecular flexibility index (Phi) is 5.12. The number of pyridine rings is 1. The fourth-order valence-electron chi connectivity index (χ4n) is 4.47. The highest BCUT2D eigenvalue weighted by atomic mass is 16.5. The molecule has 2 unspecified atom stereocenters. The van der Waals surface area contributed by atoms with Gasteiger partial charge in [0, 0.05) is 18.5 Å². The highest BCUT2D eigenvalue weighted by Gasteiger charge is 2.21. The van der Waals surface area contributed by atoms with Gasteiger partial charge in [0.15, 0.2) is 6.39 Å². The molecule has 1 aliphatic heterocycles. The number of anilines is 1. The van der Waals surface area contributed by atoms with Crippen LogP contribution in [0, 0.1) is 0 Å². The van der Waals surface area contributed by atoms with Crippen molar-refractivity contribution in [2.24, 2.45) is 0 Å². The van der Waals surface area contributed by atoms with Gasteiger partial charge in [0.1, 0.15) is 23.3 Å². The number of hydrogen-bond acceptors (Lipinski definition) is 7. The molecule has 1 saturated heterocycles. The van der Waals surface area contributed by atoms with Gasteiger partial charge in [0.25, 0.3) is 5.56 Å². The number of benzene rings is 2. The Morgan fingerprint density at radius 2 is 2.06 bits per heavy atom. The number of H-pyrrole nitrogens is 2. The van der Waals surface area contributed by atoms with Crippen LogP contribution in [0.2, 0.25) is 0 Å². The number of oxazole rings is 1. The van der Waals surface area contributed by atoms with Crippen molar-refractivity contribution in [1.82, 2.24) is 25.3 Å². The first-order chi connectivity index (χ1) is 16.7. The van der Waals surface area contributed by atoms with Crippen LogP contribution in [0.5, 0.6) is 0 Å². The highest BCUT2D eigenvalue weighted by molar-refractivity contribution is 5.99. The van der Waals surface area contributed by atoms with Crippen molar-refractivity contribution in [3.8, 4) is 11.4 Å². The van der Waals surface area contributed by atoms with Crippen molar-refractivity contribution in [2.45, 2.75) is 19.1 Å². The van der Waals surface area contributed by atoms with Crippen molar-refractivity contribution in [1.29, 1.82) is 0 Å². The number of morpholine rings is 1. The second-order valence-electron chi connectivity index (χ2n) is 8.45. The van der Waals surface area contributed by atoms with Crippen molar-refractivity contribution in [2.75, 3.05) is 25.0 Å². The first kappa shape index (κ1) is 20.6. The number of aromatic amines is 2. The van der Waals surface area contributed by atoms with Crippen LogP contribution >= 0.6 is 0 Å². The van der Waals surface area contributed by atoms with Gasteiger partial charge in [-0.05, 0) is 30.7 Å². The van der Waals surface area contributed by atoms with Crippen LogP contribution in [-0.4, -0.2) is 39.6 Å². The maximum atomic E-state index is 13.3. The smallest absolute Gasteiger partial charge is 0.261 e. The van der Waals surface area contributed by atoms with E-state index in [1.807, 2.05) is 49.4 Å². The van der Waals surface area contributed by atoms with Crippen molar-refractivity contribution >= 4 is 27.6 Å². The van der Waals surface area contributed by atoms with Crippen LogP contribution in [0.3, 0.4) is 0 Å². The highest BCUT2D eigenvalue weighted by Crippen LogP contribution is 2.33. The van der Waals surface area contributed by atoms with E-state index < -0.39 is 0 Å². The summed E-state index contributed by atoms with van der Waals surface area (Å²) in [5, 5.41) is 7.71. The Balaban J connectivity index is 1.48. The summed E-state index contributed by atoms with van der Waals surface area (Å²) >= 11 is 0. The number of fused-ring (bicyclic) bond motifs is 2. The summed E-state index contributed by atoms with van der Waals surface area (Å²) in [5.74, 6) is 0.497. The lowest BCUT2D eigenvalue weighted by atomic mass is 10.1. The predicted molar refractivity (Wildman–Crippen MR) is 130 cm³/mol. The zero-order chi connectivity index (χ0) is 23.1. The third kappa shape index (κ3) is 3.64. The lowest BCUT2D eigenvalue weighted by molar-refractivity contribution is 0.0278. The molecule has 172 valence electrons. The fraction of sp³-hybridized carbons (Fsp3) is 0.240. The van der Waals surface area contributed by atoms with Gasteiger partial charge in [-0.1, -0.05) is 24.3 Å². The standard InChI is InChI=1S/C25H24N6O3/c1-14(20-12-33-13-27-20)28-23-16-4-2-3-5-17(16)31-25(32)22(23)24-29-18-7-6-15(10-19(18)30-24)21-11-26-8-9-34-21/h2-7,10,12-14,21,26H,8-9,11H2,1H3,(H,29,30)(H2,28,31,32). The Labute approximate surface area is 194 Å². The molecule has 0 spiro atoms. The van der Waals surface area contributed by atoms with E-state index in [1.165, 1.54) is 6.39 Å². The van der Waals surface area contributed by atoms with Gasteiger partial charge in [0.05, 0.1) is 41.0 Å². The van der Waals surface area contributed by atoms with E-state index in [4.69, 9.17) is 14.1 Å². The number of nitrogens with zero attached hydrogens (tertiary/aromatic N) is 2. The maximum absolute atomic E-state index is 13.3. The molecule has 0 aliphatic carbocycles. The Bertz CT molecular complexity index is 1520. The molecule has 2 atom stereocenters. The molecular formula is C25H24N6O3. The topological polar surface area (TPSA) is 121 Å². The van der Waals surface area contributed by atoms with Crippen LogP contribution in [0.25, 0.3) is 33.3 Å². The van der Waals surface area contributed by atoms with Gasteiger partial charge in [-0.15, -0.1) is 0 Å². The van der Waals surface area contributed by atoms with E-state index in [-0.39, 0.29) is 17.7 Å². The average molecular weight is 457 g/mol. The first-order valence-electron chi connectivity index (χ1n) is 11.3. The Hall–Kier alpha value is -3.95. The fourth-order valence-corrected chi connectivity index (χ4v) is 4.47. The normalized spacial score (nSPS) is 17.3. The second-order valence-corrected chi connectivity index (χ2v) is 8.45. The van der Waals surface area contributed by atoms with Gasteiger partial charge < -0.3 is 29.8 Å². The summed E-state index contributed by atoms with van der Waals surface area (Å²) in [6.07, 6.45) is 2.99. The summed E-state index contributed by atoms with van der Waals surface area (Å²) in [7, 11) is 0. The molecule has 3 aromatic heterocycles. The van der Waals surface area contributed by atoms with Crippen molar-refractivity contribution in [3.63, 3.8) is 0 Å². The van der Waals surface area contributed by atoms with Crippen LogP contribution in [-0.2, 0) is 4.74 Å². The molecule has 1 aliphatic rings. The molecule has 0 radical (unpaired) electrons. The van der Waals surface area contributed by atoms with Gasteiger partial charge in [-0.25, -0.2) is 9.97 Å². The number of imidazole rings is 1. The van der Waals surface area contributed by atoms with Crippen LogP contribution in [0.4, 0.5) is 5.69 Å². The molecule has 0 amide bonds. The SMILES string of the molecule is CC(Nc1c(-c2nc3ccc(C4CNCCO4)cc3[nH]2)c(=O)[nH]c2ccccc12)c1cocn1. The first-order valence-corrected chi connectivity index (χ1v) is 11.3. The summed E-state index contributed by atoms with van der Waals surface area (Å²) in [5.41, 5.74) is 5.09. The molecule has 5 aromatic rings. The molecule has 0 saturated carbocycles. The average Bonchev–Trinajstić information content (AvgIpc) is 3.54. The zero-order valence-electron chi connectivity index (χ0n) is 18.6. The zero-order valence-corrected chi connectivity index (χ0v) is 18.6. The number of rotatable bonds is 5. The van der Waals surface area contributed by atoms with Crippen molar-refractivity contribution in [3.05, 3.63) is 76.7 Å². The quantitative estimate of drug-likeness (QED) is 0.317. The molecule has 1 fully saturated rings. The van der Waals surface area contributed by atoms with Crippen molar-refractivity contribution < 1.29 is 9.15 Å². The molecule has 9 heteroatoms. The maximum Gasteiger partial charge on any atom is 0.261 e. The van der Waals surface area contributed by atoms with Crippen LogP contribution in [0.15, 0.2) is 64.3 Å². The molecule has 6 rings (SSSR count). The van der Waals surface area contributed by atoms with Crippen LogP contribution < -0.4 is 16.2 Å². The monoisotopic (exact) mass is 456 g/mol. The number of para-hydroxylation sites is 1. The van der Waals surface area contributed by atoms with Gasteiger partial charge in [-0.2, -0.15) is 0 Å². The van der Waals surface area contributed by atoms with E-state index in [0.717, 1.165) is 46.3 Å². The minimum atomic E-state index is -0.229. The molecule has 9 nitrogen and oxygen atoms in total. The molecular weight excluding hydrogens is 432 g/mol. The van der Waals surface area contributed by atoms with E-state index in [9.17, 15) is 4.79 Å². The van der Waals surface area contributed by atoms with E-state index in [2.05, 4.69) is 25.6 Å². The number of nitrogens with one attached hydrogen (secondary N) is 4. The summed E-state index contributed by atoms with van der Waals surface area (Å²) in [6.45, 7) is 4.29. The van der Waals surface area contributed by atoms with Gasteiger partial charge in [-0.3, -0.25) is 4.79 Å². The number of aromatic nitrogens is 4. The van der Waals surface area contributed by atoms with E-state index >= 15 is 0 Å². The van der Waals surface area contributed by atoms with E-state index in [0.29, 0.717) is 23.7 Å².